The molecule has 0 aliphatic carbocycles. The van der Waals surface area contributed by atoms with Crippen molar-refractivity contribution in [2.75, 3.05) is 16.8 Å². The molecule has 0 saturated heterocycles. The molecule has 1 unspecified atom stereocenters. The standard InChI is InChI=1S/C27H25N3O3/c1-18-27(32)30(14-13-19-7-3-2-4-8-19)24-16-21(11-12-25(24)33-18)29-26(31)15-20-17-28-23-10-6-5-9-22(20)23/h2-12,16-18,28H,13-15H2,1H3,(H,29,31). The largest absolute Gasteiger partial charge is 0.479 e. The van der Waals surface area contributed by atoms with Gasteiger partial charge in [0.1, 0.15) is 5.75 Å². The van der Waals surface area contributed by atoms with Crippen molar-refractivity contribution in [3.63, 3.8) is 0 Å². The number of anilines is 2. The summed E-state index contributed by atoms with van der Waals surface area (Å²) >= 11 is 0. The third kappa shape index (κ3) is 4.32. The monoisotopic (exact) mass is 439 g/mol. The molecule has 1 aliphatic rings. The number of rotatable bonds is 6. The summed E-state index contributed by atoms with van der Waals surface area (Å²) in [6.45, 7) is 2.30. The summed E-state index contributed by atoms with van der Waals surface area (Å²) in [5.74, 6) is 0.442. The molecule has 0 saturated carbocycles. The minimum absolute atomic E-state index is 0.0827. The molecule has 3 aromatic carbocycles. The zero-order chi connectivity index (χ0) is 22.8. The molecule has 0 radical (unpaired) electrons. The van der Waals surface area contributed by atoms with E-state index in [2.05, 4.69) is 22.4 Å². The molecule has 2 heterocycles. The van der Waals surface area contributed by atoms with Gasteiger partial charge in [0.25, 0.3) is 5.91 Å². The van der Waals surface area contributed by atoms with E-state index in [0.717, 1.165) is 28.5 Å². The number of aromatic nitrogens is 1. The summed E-state index contributed by atoms with van der Waals surface area (Å²) in [6.07, 6.45) is 2.31. The highest BCUT2D eigenvalue weighted by Gasteiger charge is 2.31. The van der Waals surface area contributed by atoms with Gasteiger partial charge < -0.3 is 19.9 Å². The van der Waals surface area contributed by atoms with Crippen molar-refractivity contribution in [2.24, 2.45) is 0 Å². The van der Waals surface area contributed by atoms with Gasteiger partial charge in [-0.2, -0.15) is 0 Å². The molecular weight excluding hydrogens is 414 g/mol. The van der Waals surface area contributed by atoms with Gasteiger partial charge in [-0.15, -0.1) is 0 Å². The highest BCUT2D eigenvalue weighted by molar-refractivity contribution is 6.01. The van der Waals surface area contributed by atoms with Crippen LogP contribution in [-0.4, -0.2) is 29.4 Å². The maximum absolute atomic E-state index is 12.9. The summed E-state index contributed by atoms with van der Waals surface area (Å²) in [6, 6.07) is 23.4. The molecule has 0 fully saturated rings. The molecular formula is C27H25N3O3. The summed E-state index contributed by atoms with van der Waals surface area (Å²) in [5.41, 5.74) is 4.42. The molecule has 6 nitrogen and oxygen atoms in total. The predicted molar refractivity (Wildman–Crippen MR) is 130 cm³/mol. The number of carbonyl (C=O) groups excluding carboxylic acids is 2. The minimum atomic E-state index is -0.546. The normalized spacial score (nSPS) is 15.2. The summed E-state index contributed by atoms with van der Waals surface area (Å²) < 4.78 is 5.81. The van der Waals surface area contributed by atoms with Crippen molar-refractivity contribution in [2.45, 2.75) is 25.9 Å². The van der Waals surface area contributed by atoms with Crippen LogP contribution in [-0.2, 0) is 22.4 Å². The van der Waals surface area contributed by atoms with Gasteiger partial charge in [0.2, 0.25) is 5.91 Å². The highest BCUT2D eigenvalue weighted by Crippen LogP contribution is 2.36. The van der Waals surface area contributed by atoms with Gasteiger partial charge in [-0.3, -0.25) is 9.59 Å². The second kappa shape index (κ2) is 8.82. The average Bonchev–Trinajstić information content (AvgIpc) is 3.23. The van der Waals surface area contributed by atoms with E-state index in [9.17, 15) is 9.59 Å². The van der Waals surface area contributed by atoms with Gasteiger partial charge in [-0.25, -0.2) is 0 Å². The number of aromatic amines is 1. The third-order valence-electron chi connectivity index (χ3n) is 5.94. The van der Waals surface area contributed by atoms with E-state index in [-0.39, 0.29) is 18.2 Å². The Kier molecular flexibility index (Phi) is 5.57. The number of hydrogen-bond acceptors (Lipinski definition) is 3. The van der Waals surface area contributed by atoms with Gasteiger partial charge in [0.05, 0.1) is 12.1 Å². The van der Waals surface area contributed by atoms with Crippen LogP contribution < -0.4 is 15.0 Å². The molecule has 2 amide bonds. The van der Waals surface area contributed by atoms with Crippen molar-refractivity contribution in [3.8, 4) is 5.75 Å². The molecule has 166 valence electrons. The van der Waals surface area contributed by atoms with Gasteiger partial charge >= 0.3 is 0 Å². The Labute approximate surface area is 192 Å². The Bertz CT molecular complexity index is 1310. The summed E-state index contributed by atoms with van der Waals surface area (Å²) in [5, 5.41) is 4.01. The lowest BCUT2D eigenvalue weighted by Crippen LogP contribution is -2.45. The first-order valence-corrected chi connectivity index (χ1v) is 11.1. The van der Waals surface area contributed by atoms with Crippen LogP contribution in [0.2, 0.25) is 0 Å². The third-order valence-corrected chi connectivity index (χ3v) is 5.94. The quantitative estimate of drug-likeness (QED) is 0.457. The van der Waals surface area contributed by atoms with E-state index in [1.54, 1.807) is 11.8 Å². The Hall–Kier alpha value is -4.06. The zero-order valence-corrected chi connectivity index (χ0v) is 18.4. The number of carbonyl (C=O) groups is 2. The first-order chi connectivity index (χ1) is 16.1. The molecule has 0 bridgehead atoms. The van der Waals surface area contributed by atoms with Crippen molar-refractivity contribution in [1.29, 1.82) is 0 Å². The Morgan fingerprint density at radius 1 is 1.06 bits per heavy atom. The maximum Gasteiger partial charge on any atom is 0.267 e. The van der Waals surface area contributed by atoms with Crippen LogP contribution >= 0.6 is 0 Å². The molecule has 5 rings (SSSR count). The fourth-order valence-corrected chi connectivity index (χ4v) is 4.26. The van der Waals surface area contributed by atoms with Crippen LogP contribution in [0, 0.1) is 0 Å². The topological polar surface area (TPSA) is 74.4 Å². The van der Waals surface area contributed by atoms with Crippen LogP contribution in [0.15, 0.2) is 79.0 Å². The van der Waals surface area contributed by atoms with Crippen molar-refractivity contribution < 1.29 is 14.3 Å². The van der Waals surface area contributed by atoms with E-state index in [4.69, 9.17) is 4.74 Å². The molecule has 33 heavy (non-hydrogen) atoms. The van der Waals surface area contributed by atoms with E-state index < -0.39 is 6.10 Å². The molecule has 0 spiro atoms. The Morgan fingerprint density at radius 3 is 2.70 bits per heavy atom. The summed E-state index contributed by atoms with van der Waals surface area (Å²) in [7, 11) is 0. The van der Waals surface area contributed by atoms with Gasteiger partial charge in [-0.1, -0.05) is 48.5 Å². The number of para-hydroxylation sites is 1. The second-order valence-corrected chi connectivity index (χ2v) is 8.25. The van der Waals surface area contributed by atoms with Crippen molar-refractivity contribution in [3.05, 3.63) is 90.1 Å². The van der Waals surface area contributed by atoms with Crippen LogP contribution in [0.5, 0.6) is 5.75 Å². The molecule has 1 atom stereocenters. The number of nitrogens with zero attached hydrogens (tertiary/aromatic N) is 1. The lowest BCUT2D eigenvalue weighted by Gasteiger charge is -2.33. The van der Waals surface area contributed by atoms with Crippen molar-refractivity contribution >= 4 is 34.1 Å². The number of amides is 2. The number of hydrogen-bond donors (Lipinski definition) is 2. The van der Waals surface area contributed by atoms with Crippen LogP contribution in [0.1, 0.15) is 18.1 Å². The zero-order valence-electron chi connectivity index (χ0n) is 18.4. The second-order valence-electron chi connectivity index (χ2n) is 8.25. The predicted octanol–water partition coefficient (Wildman–Crippen LogP) is 4.71. The highest BCUT2D eigenvalue weighted by atomic mass is 16.5. The fourth-order valence-electron chi connectivity index (χ4n) is 4.26. The number of ether oxygens (including phenoxy) is 1. The van der Waals surface area contributed by atoms with Gasteiger partial charge in [0.15, 0.2) is 6.10 Å². The molecule has 6 heteroatoms. The van der Waals surface area contributed by atoms with Gasteiger partial charge in [-0.05, 0) is 48.7 Å². The summed E-state index contributed by atoms with van der Waals surface area (Å²) in [4.78, 5) is 30.6. The van der Waals surface area contributed by atoms with Crippen LogP contribution in [0.3, 0.4) is 0 Å². The van der Waals surface area contributed by atoms with Gasteiger partial charge in [0, 0.05) is 29.3 Å². The smallest absolute Gasteiger partial charge is 0.267 e. The minimum Gasteiger partial charge on any atom is -0.479 e. The molecule has 1 aromatic heterocycles. The van der Waals surface area contributed by atoms with E-state index in [0.29, 0.717) is 23.7 Å². The lowest BCUT2D eigenvalue weighted by atomic mass is 10.1. The fraction of sp³-hybridized carbons (Fsp3) is 0.185. The van der Waals surface area contributed by atoms with Crippen molar-refractivity contribution in [1.82, 2.24) is 4.98 Å². The Balaban J connectivity index is 1.34. The molecule has 1 aliphatic heterocycles. The first-order valence-electron chi connectivity index (χ1n) is 11.1. The van der Waals surface area contributed by atoms with E-state index in [1.807, 2.05) is 66.9 Å². The average molecular weight is 440 g/mol. The van der Waals surface area contributed by atoms with E-state index >= 15 is 0 Å². The van der Waals surface area contributed by atoms with Crippen LogP contribution in [0.4, 0.5) is 11.4 Å². The first kappa shape index (κ1) is 20.8. The number of nitrogens with one attached hydrogen (secondary N) is 2. The number of fused-ring (bicyclic) bond motifs is 2. The van der Waals surface area contributed by atoms with E-state index in [1.165, 1.54) is 0 Å². The maximum atomic E-state index is 12.9. The molecule has 2 N–H and O–H groups in total. The van der Waals surface area contributed by atoms with Crippen LogP contribution in [0.25, 0.3) is 10.9 Å². The Morgan fingerprint density at radius 2 is 1.85 bits per heavy atom. The molecule has 4 aromatic rings. The number of H-pyrrole nitrogens is 1. The lowest BCUT2D eigenvalue weighted by molar-refractivity contribution is -0.125. The SMILES string of the molecule is CC1Oc2ccc(NC(=O)Cc3c[nH]c4ccccc34)cc2N(CCc2ccccc2)C1=O. The number of benzene rings is 3.